The highest BCUT2D eigenvalue weighted by Crippen LogP contribution is 2.41. The summed E-state index contributed by atoms with van der Waals surface area (Å²) >= 11 is 0. The smallest absolute Gasteiger partial charge is 0.314 e. The lowest BCUT2D eigenvalue weighted by molar-refractivity contribution is 0.142. The summed E-state index contributed by atoms with van der Waals surface area (Å²) < 4.78 is 1.55. The molecule has 1 aromatic heterocycles. The zero-order valence-corrected chi connectivity index (χ0v) is 12.7. The Kier molecular flexibility index (Phi) is 4.61. The van der Waals surface area contributed by atoms with Gasteiger partial charge in [-0.3, -0.25) is 9.36 Å². The van der Waals surface area contributed by atoms with Crippen molar-refractivity contribution in [2.45, 2.75) is 70.3 Å². The fraction of sp³-hybridized carbons (Fsp3) is 0.765. The highest BCUT2D eigenvalue weighted by atomic mass is 16.2. The summed E-state index contributed by atoms with van der Waals surface area (Å²) in [5.74, 6) is 1.01. The lowest BCUT2D eigenvalue weighted by Crippen LogP contribution is -2.43. The van der Waals surface area contributed by atoms with Crippen LogP contribution < -0.4 is 11.2 Å². The van der Waals surface area contributed by atoms with Crippen molar-refractivity contribution in [1.29, 1.82) is 0 Å². The molecule has 4 heteroatoms. The van der Waals surface area contributed by atoms with E-state index in [0.29, 0.717) is 11.8 Å². The summed E-state index contributed by atoms with van der Waals surface area (Å²) in [7, 11) is 0. The Morgan fingerprint density at radius 1 is 0.905 bits per heavy atom. The first-order chi connectivity index (χ1) is 10.3. The van der Waals surface area contributed by atoms with Gasteiger partial charge in [-0.05, 0) is 37.5 Å². The minimum atomic E-state index is -0.219. The van der Waals surface area contributed by atoms with E-state index in [0.717, 1.165) is 0 Å². The fourth-order valence-corrected chi connectivity index (χ4v) is 4.47. The van der Waals surface area contributed by atoms with Crippen LogP contribution in [0.25, 0.3) is 0 Å². The van der Waals surface area contributed by atoms with E-state index in [1.165, 1.54) is 76.5 Å². The van der Waals surface area contributed by atoms with E-state index in [1.807, 2.05) is 0 Å². The van der Waals surface area contributed by atoms with Gasteiger partial charge in [-0.1, -0.05) is 38.5 Å². The average Bonchev–Trinajstić information content (AvgIpc) is 2.53. The number of nitrogens with one attached hydrogen (secondary N) is 1. The van der Waals surface area contributed by atoms with Crippen molar-refractivity contribution in [1.82, 2.24) is 9.55 Å². The summed E-state index contributed by atoms with van der Waals surface area (Å²) in [6, 6.07) is 1.61. The molecule has 0 saturated heterocycles. The topological polar surface area (TPSA) is 54.9 Å². The third kappa shape index (κ3) is 3.14. The molecule has 116 valence electrons. The fourth-order valence-electron chi connectivity index (χ4n) is 4.47. The summed E-state index contributed by atoms with van der Waals surface area (Å²) in [5, 5.41) is 0. The van der Waals surface area contributed by atoms with Gasteiger partial charge in [0.25, 0.3) is 5.56 Å². The van der Waals surface area contributed by atoms with Crippen LogP contribution in [0.3, 0.4) is 0 Å². The Morgan fingerprint density at radius 2 is 1.43 bits per heavy atom. The molecular weight excluding hydrogens is 264 g/mol. The minimum Gasteiger partial charge on any atom is -0.314 e. The van der Waals surface area contributed by atoms with Gasteiger partial charge in [0, 0.05) is 18.3 Å². The maximum Gasteiger partial charge on any atom is 0.328 e. The van der Waals surface area contributed by atoms with Gasteiger partial charge >= 0.3 is 5.69 Å². The van der Waals surface area contributed by atoms with Gasteiger partial charge in [0.05, 0.1) is 0 Å². The van der Waals surface area contributed by atoms with Crippen LogP contribution in [0.1, 0.15) is 70.3 Å². The molecule has 21 heavy (non-hydrogen) atoms. The normalized spacial score (nSPS) is 21.8. The Bertz CT molecular complexity index is 516. The predicted octanol–water partition coefficient (Wildman–Crippen LogP) is 3.24. The molecule has 1 aromatic rings. The van der Waals surface area contributed by atoms with Crippen molar-refractivity contribution in [3.8, 4) is 0 Å². The summed E-state index contributed by atoms with van der Waals surface area (Å²) in [6.07, 6.45) is 13.7. The van der Waals surface area contributed by atoms with Crippen LogP contribution in [0.4, 0.5) is 0 Å². The number of aromatic nitrogens is 2. The lowest BCUT2D eigenvalue weighted by Gasteiger charge is -2.38. The van der Waals surface area contributed by atoms with Gasteiger partial charge in [-0.15, -0.1) is 0 Å². The molecule has 2 saturated carbocycles. The molecule has 0 atom stereocenters. The predicted molar refractivity (Wildman–Crippen MR) is 83.5 cm³/mol. The van der Waals surface area contributed by atoms with Crippen LogP contribution in [0.5, 0.6) is 0 Å². The molecular formula is C17H26N2O2. The largest absolute Gasteiger partial charge is 0.328 e. The molecule has 1 N–H and O–H groups in total. The molecule has 0 bridgehead atoms. The molecule has 0 amide bonds. The van der Waals surface area contributed by atoms with Crippen molar-refractivity contribution in [3.63, 3.8) is 0 Å². The molecule has 0 aliphatic heterocycles. The molecule has 1 heterocycles. The standard InChI is InChI=1S/C17H26N2O2/c20-15-11-12-18-17(21)19(15)16(13-7-3-1-4-8-13)14-9-5-2-6-10-14/h11-14,16H,1-10H2,(H,18,21). The number of hydrogen-bond donors (Lipinski definition) is 1. The Labute approximate surface area is 125 Å². The zero-order chi connectivity index (χ0) is 14.7. The highest BCUT2D eigenvalue weighted by Gasteiger charge is 2.34. The van der Waals surface area contributed by atoms with E-state index < -0.39 is 0 Å². The first-order valence-electron chi connectivity index (χ1n) is 8.57. The number of rotatable bonds is 3. The molecule has 2 aliphatic rings. The molecule has 3 rings (SSSR count). The molecule has 4 nitrogen and oxygen atoms in total. The van der Waals surface area contributed by atoms with Gasteiger partial charge in [0.15, 0.2) is 0 Å². The zero-order valence-electron chi connectivity index (χ0n) is 12.7. The van der Waals surface area contributed by atoms with Gasteiger partial charge in [-0.25, -0.2) is 4.79 Å². The van der Waals surface area contributed by atoms with Gasteiger partial charge in [0.1, 0.15) is 0 Å². The Balaban J connectivity index is 1.98. The van der Waals surface area contributed by atoms with E-state index in [2.05, 4.69) is 4.98 Å². The first kappa shape index (κ1) is 14.6. The highest BCUT2D eigenvalue weighted by molar-refractivity contribution is 4.92. The second kappa shape index (κ2) is 6.63. The van der Waals surface area contributed by atoms with Crippen molar-refractivity contribution >= 4 is 0 Å². The second-order valence-corrected chi connectivity index (χ2v) is 6.78. The van der Waals surface area contributed by atoms with Gasteiger partial charge < -0.3 is 4.98 Å². The van der Waals surface area contributed by atoms with Gasteiger partial charge in [0.2, 0.25) is 0 Å². The quantitative estimate of drug-likeness (QED) is 0.929. The summed E-state index contributed by atoms with van der Waals surface area (Å²) in [6.45, 7) is 0. The Morgan fingerprint density at radius 3 is 1.90 bits per heavy atom. The SMILES string of the molecule is O=c1cc[nH]c(=O)n1C(C1CCCCC1)C1CCCCC1. The minimum absolute atomic E-state index is 0.114. The van der Waals surface area contributed by atoms with Crippen LogP contribution in [-0.4, -0.2) is 9.55 Å². The van der Waals surface area contributed by atoms with Crippen molar-refractivity contribution in [3.05, 3.63) is 33.1 Å². The first-order valence-corrected chi connectivity index (χ1v) is 8.57. The third-order valence-corrected chi connectivity index (χ3v) is 5.45. The molecule has 0 aromatic carbocycles. The van der Waals surface area contributed by atoms with Crippen molar-refractivity contribution in [2.24, 2.45) is 11.8 Å². The van der Waals surface area contributed by atoms with E-state index in [1.54, 1.807) is 4.57 Å². The van der Waals surface area contributed by atoms with Crippen LogP contribution in [0.15, 0.2) is 21.9 Å². The van der Waals surface area contributed by atoms with Gasteiger partial charge in [-0.2, -0.15) is 0 Å². The summed E-state index contributed by atoms with van der Waals surface area (Å²) in [5.41, 5.74) is -0.344. The monoisotopic (exact) mass is 290 g/mol. The van der Waals surface area contributed by atoms with Crippen LogP contribution in [0.2, 0.25) is 0 Å². The number of nitrogens with zero attached hydrogens (tertiary/aromatic N) is 1. The van der Waals surface area contributed by atoms with Crippen molar-refractivity contribution in [2.75, 3.05) is 0 Å². The third-order valence-electron chi connectivity index (χ3n) is 5.45. The maximum atomic E-state index is 12.3. The van der Waals surface area contributed by atoms with E-state index in [9.17, 15) is 9.59 Å². The van der Waals surface area contributed by atoms with E-state index in [-0.39, 0.29) is 17.3 Å². The molecule has 2 fully saturated rings. The van der Waals surface area contributed by atoms with Crippen LogP contribution in [-0.2, 0) is 0 Å². The van der Waals surface area contributed by atoms with Crippen LogP contribution in [0, 0.1) is 11.8 Å². The van der Waals surface area contributed by atoms with E-state index in [4.69, 9.17) is 0 Å². The molecule has 0 radical (unpaired) electrons. The average molecular weight is 290 g/mol. The maximum absolute atomic E-state index is 12.3. The molecule has 2 aliphatic carbocycles. The van der Waals surface area contributed by atoms with E-state index >= 15 is 0 Å². The summed E-state index contributed by atoms with van der Waals surface area (Å²) in [4.78, 5) is 27.3. The Hall–Kier alpha value is -1.32. The van der Waals surface area contributed by atoms with Crippen LogP contribution >= 0.6 is 0 Å². The number of hydrogen-bond acceptors (Lipinski definition) is 2. The second-order valence-electron chi connectivity index (χ2n) is 6.78. The number of aromatic amines is 1. The molecule has 0 unspecified atom stereocenters. The molecule has 0 spiro atoms. The lowest BCUT2D eigenvalue weighted by atomic mass is 9.73. The van der Waals surface area contributed by atoms with Crippen molar-refractivity contribution < 1.29 is 0 Å². The number of H-pyrrole nitrogens is 1.